The molecule has 1 heterocycles. The SMILES string of the molecule is CCc1ccc(-n2cnc(C(F)F)n2)c(CC)c1. The lowest BCUT2D eigenvalue weighted by atomic mass is 10.0. The van der Waals surface area contributed by atoms with Crippen molar-refractivity contribution in [1.82, 2.24) is 14.8 Å². The van der Waals surface area contributed by atoms with Crippen LogP contribution in [0.3, 0.4) is 0 Å². The summed E-state index contributed by atoms with van der Waals surface area (Å²) >= 11 is 0. The van der Waals surface area contributed by atoms with E-state index in [0.29, 0.717) is 0 Å². The van der Waals surface area contributed by atoms with E-state index in [0.717, 1.165) is 24.1 Å². The minimum atomic E-state index is -2.63. The molecular weight excluding hydrogens is 236 g/mol. The standard InChI is InChI=1S/C13H15F2N3/c1-3-9-5-6-11(10(4-2)7-9)18-8-16-13(17-18)12(14)15/h5-8,12H,3-4H2,1-2H3. The van der Waals surface area contributed by atoms with Crippen LogP contribution in [0, 0.1) is 0 Å². The van der Waals surface area contributed by atoms with E-state index < -0.39 is 12.2 Å². The van der Waals surface area contributed by atoms with Crippen LogP contribution in [0.25, 0.3) is 5.69 Å². The van der Waals surface area contributed by atoms with Gasteiger partial charge >= 0.3 is 0 Å². The van der Waals surface area contributed by atoms with E-state index in [1.807, 2.05) is 19.1 Å². The van der Waals surface area contributed by atoms with Gasteiger partial charge in [-0.3, -0.25) is 0 Å². The maximum absolute atomic E-state index is 12.5. The Kier molecular flexibility index (Phi) is 3.69. The van der Waals surface area contributed by atoms with Gasteiger partial charge in [-0.15, -0.1) is 5.10 Å². The van der Waals surface area contributed by atoms with Crippen LogP contribution in [0.5, 0.6) is 0 Å². The molecule has 2 rings (SSSR count). The van der Waals surface area contributed by atoms with E-state index in [9.17, 15) is 8.78 Å². The first-order chi connectivity index (χ1) is 8.65. The molecule has 0 aliphatic heterocycles. The van der Waals surface area contributed by atoms with E-state index in [-0.39, 0.29) is 0 Å². The number of rotatable bonds is 4. The number of aromatic nitrogens is 3. The van der Waals surface area contributed by atoms with Gasteiger partial charge in [0.15, 0.2) is 0 Å². The Labute approximate surface area is 104 Å². The molecule has 0 aliphatic rings. The van der Waals surface area contributed by atoms with Gasteiger partial charge in [-0.2, -0.15) is 0 Å². The molecule has 5 heteroatoms. The van der Waals surface area contributed by atoms with Crippen molar-refractivity contribution in [3.8, 4) is 5.69 Å². The fourth-order valence-electron chi connectivity index (χ4n) is 1.86. The van der Waals surface area contributed by atoms with Crippen molar-refractivity contribution in [2.75, 3.05) is 0 Å². The largest absolute Gasteiger partial charge is 0.299 e. The Morgan fingerprint density at radius 3 is 2.56 bits per heavy atom. The third kappa shape index (κ3) is 2.39. The van der Waals surface area contributed by atoms with Gasteiger partial charge in [0.1, 0.15) is 6.33 Å². The average molecular weight is 251 g/mol. The Bertz CT molecular complexity index is 535. The predicted molar refractivity (Wildman–Crippen MR) is 65.1 cm³/mol. The molecule has 0 N–H and O–H groups in total. The van der Waals surface area contributed by atoms with Crippen molar-refractivity contribution in [2.45, 2.75) is 33.1 Å². The minimum absolute atomic E-state index is 0.434. The minimum Gasteiger partial charge on any atom is -0.220 e. The Hall–Kier alpha value is -1.78. The normalized spacial score (nSPS) is 11.2. The van der Waals surface area contributed by atoms with Gasteiger partial charge < -0.3 is 0 Å². The summed E-state index contributed by atoms with van der Waals surface area (Å²) in [6.07, 6.45) is 0.480. The molecule has 0 spiro atoms. The summed E-state index contributed by atoms with van der Waals surface area (Å²) in [7, 11) is 0. The van der Waals surface area contributed by atoms with Gasteiger partial charge in [-0.1, -0.05) is 26.0 Å². The van der Waals surface area contributed by atoms with E-state index in [1.54, 1.807) is 0 Å². The summed E-state index contributed by atoms with van der Waals surface area (Å²) in [6, 6.07) is 5.97. The van der Waals surface area contributed by atoms with Crippen molar-refractivity contribution in [1.29, 1.82) is 0 Å². The first kappa shape index (κ1) is 12.7. The zero-order chi connectivity index (χ0) is 13.1. The predicted octanol–water partition coefficient (Wildman–Crippen LogP) is 3.33. The molecule has 0 aliphatic carbocycles. The van der Waals surface area contributed by atoms with Crippen LogP contribution in [0.15, 0.2) is 24.5 Å². The van der Waals surface area contributed by atoms with Crippen LogP contribution in [0.2, 0.25) is 0 Å². The van der Waals surface area contributed by atoms with Crippen molar-refractivity contribution in [3.63, 3.8) is 0 Å². The number of hydrogen-bond acceptors (Lipinski definition) is 2. The van der Waals surface area contributed by atoms with Crippen LogP contribution in [0.1, 0.15) is 37.2 Å². The highest BCUT2D eigenvalue weighted by Gasteiger charge is 2.14. The Morgan fingerprint density at radius 1 is 1.22 bits per heavy atom. The van der Waals surface area contributed by atoms with Crippen LogP contribution in [0.4, 0.5) is 8.78 Å². The molecule has 0 bridgehead atoms. The quantitative estimate of drug-likeness (QED) is 0.834. The van der Waals surface area contributed by atoms with Crippen LogP contribution >= 0.6 is 0 Å². The van der Waals surface area contributed by atoms with Gasteiger partial charge in [-0.05, 0) is 30.0 Å². The monoisotopic (exact) mass is 251 g/mol. The second-order valence-corrected chi connectivity index (χ2v) is 4.02. The maximum Gasteiger partial charge on any atom is 0.299 e. The lowest BCUT2D eigenvalue weighted by Gasteiger charge is -2.09. The third-order valence-electron chi connectivity index (χ3n) is 2.88. The molecule has 0 amide bonds. The summed E-state index contributed by atoms with van der Waals surface area (Å²) in [5.41, 5.74) is 3.12. The summed E-state index contributed by atoms with van der Waals surface area (Å²) in [5, 5.41) is 3.80. The molecule has 0 atom stereocenters. The number of nitrogens with zero attached hydrogens (tertiary/aromatic N) is 3. The van der Waals surface area contributed by atoms with E-state index in [1.165, 1.54) is 16.6 Å². The molecule has 1 aromatic heterocycles. The van der Waals surface area contributed by atoms with Gasteiger partial charge in [0.25, 0.3) is 6.43 Å². The number of hydrogen-bond donors (Lipinski definition) is 0. The smallest absolute Gasteiger partial charge is 0.220 e. The average Bonchev–Trinajstić information content (AvgIpc) is 2.87. The molecule has 3 nitrogen and oxygen atoms in total. The molecule has 0 saturated carbocycles. The molecule has 0 radical (unpaired) electrons. The lowest BCUT2D eigenvalue weighted by Crippen LogP contribution is -2.01. The number of alkyl halides is 2. The fourth-order valence-corrected chi connectivity index (χ4v) is 1.86. The number of aryl methyl sites for hydroxylation is 2. The zero-order valence-electron chi connectivity index (χ0n) is 10.4. The Balaban J connectivity index is 2.42. The molecule has 0 fully saturated rings. The third-order valence-corrected chi connectivity index (χ3v) is 2.88. The molecule has 2 aromatic rings. The molecule has 1 aromatic carbocycles. The van der Waals surface area contributed by atoms with Crippen LogP contribution in [-0.2, 0) is 12.8 Å². The van der Waals surface area contributed by atoms with Crippen LogP contribution in [-0.4, -0.2) is 14.8 Å². The molecule has 96 valence electrons. The van der Waals surface area contributed by atoms with E-state index in [4.69, 9.17) is 0 Å². The van der Waals surface area contributed by atoms with Gasteiger partial charge in [-0.25, -0.2) is 18.4 Å². The maximum atomic E-state index is 12.5. The summed E-state index contributed by atoms with van der Waals surface area (Å²) in [5.74, 6) is -0.434. The van der Waals surface area contributed by atoms with Gasteiger partial charge in [0.05, 0.1) is 5.69 Å². The van der Waals surface area contributed by atoms with E-state index >= 15 is 0 Å². The summed E-state index contributed by atoms with van der Waals surface area (Å²) in [6.45, 7) is 4.11. The number of benzene rings is 1. The molecular formula is C13H15F2N3. The molecule has 18 heavy (non-hydrogen) atoms. The summed E-state index contributed by atoms with van der Waals surface area (Å²) < 4.78 is 26.3. The van der Waals surface area contributed by atoms with E-state index in [2.05, 4.69) is 23.1 Å². The second-order valence-electron chi connectivity index (χ2n) is 4.02. The van der Waals surface area contributed by atoms with Crippen molar-refractivity contribution in [3.05, 3.63) is 41.5 Å². The van der Waals surface area contributed by atoms with Gasteiger partial charge in [0, 0.05) is 0 Å². The molecule has 0 unspecified atom stereocenters. The lowest BCUT2D eigenvalue weighted by molar-refractivity contribution is 0.140. The zero-order valence-corrected chi connectivity index (χ0v) is 10.4. The molecule has 0 saturated heterocycles. The van der Waals surface area contributed by atoms with Crippen molar-refractivity contribution >= 4 is 0 Å². The van der Waals surface area contributed by atoms with Crippen molar-refractivity contribution in [2.24, 2.45) is 0 Å². The number of halogens is 2. The summed E-state index contributed by atoms with van der Waals surface area (Å²) in [4.78, 5) is 3.61. The second kappa shape index (κ2) is 5.25. The van der Waals surface area contributed by atoms with Crippen LogP contribution < -0.4 is 0 Å². The highest BCUT2D eigenvalue weighted by Crippen LogP contribution is 2.19. The highest BCUT2D eigenvalue weighted by molar-refractivity contribution is 5.42. The topological polar surface area (TPSA) is 30.7 Å². The first-order valence-electron chi connectivity index (χ1n) is 5.97. The first-order valence-corrected chi connectivity index (χ1v) is 5.97. The highest BCUT2D eigenvalue weighted by atomic mass is 19.3. The van der Waals surface area contributed by atoms with Gasteiger partial charge in [0.2, 0.25) is 5.82 Å². The van der Waals surface area contributed by atoms with Crippen molar-refractivity contribution < 1.29 is 8.78 Å². The fraction of sp³-hybridized carbons (Fsp3) is 0.385. The Morgan fingerprint density at radius 2 is 2.00 bits per heavy atom.